The highest BCUT2D eigenvalue weighted by molar-refractivity contribution is 5.68. The van der Waals surface area contributed by atoms with Gasteiger partial charge in [-0.1, -0.05) is 18.2 Å². The number of rotatable bonds is 2. The van der Waals surface area contributed by atoms with Gasteiger partial charge in [-0.05, 0) is 52.7 Å². The molecule has 0 saturated carbocycles. The molecule has 1 fully saturated rings. The minimum Gasteiger partial charge on any atom is -0.444 e. The van der Waals surface area contributed by atoms with Gasteiger partial charge in [-0.2, -0.15) is 0 Å². The predicted octanol–water partition coefficient (Wildman–Crippen LogP) is 3.67. The molecule has 0 radical (unpaired) electrons. The molecule has 1 amide bonds. The van der Waals surface area contributed by atoms with Crippen molar-refractivity contribution in [1.29, 1.82) is 0 Å². The van der Waals surface area contributed by atoms with Crippen LogP contribution in [0.1, 0.15) is 40.5 Å². The number of anilines is 1. The first-order valence-corrected chi connectivity index (χ1v) is 7.73. The molecule has 0 unspecified atom stereocenters. The summed E-state index contributed by atoms with van der Waals surface area (Å²) in [5.41, 5.74) is -0.0826. The van der Waals surface area contributed by atoms with Crippen molar-refractivity contribution in [1.82, 2.24) is 4.90 Å². The van der Waals surface area contributed by atoms with Gasteiger partial charge in [0, 0.05) is 13.1 Å². The minimum absolute atomic E-state index is 0.279. The monoisotopic (exact) mass is 306 g/mol. The van der Waals surface area contributed by atoms with E-state index in [1.54, 1.807) is 4.90 Å². The van der Waals surface area contributed by atoms with E-state index >= 15 is 0 Å². The number of carbonyl (C=O) groups is 1. The van der Waals surface area contributed by atoms with Crippen molar-refractivity contribution in [3.05, 3.63) is 30.3 Å². The van der Waals surface area contributed by atoms with Gasteiger partial charge in [-0.3, -0.25) is 10.3 Å². The number of hydroxylamine groups is 1. The zero-order valence-corrected chi connectivity index (χ0v) is 13.9. The van der Waals surface area contributed by atoms with Gasteiger partial charge < -0.3 is 9.64 Å². The highest BCUT2D eigenvalue weighted by Crippen LogP contribution is 2.31. The number of amides is 1. The summed E-state index contributed by atoms with van der Waals surface area (Å²) < 4.78 is 5.40. The topological polar surface area (TPSA) is 53.0 Å². The highest BCUT2D eigenvalue weighted by Gasteiger charge is 2.38. The van der Waals surface area contributed by atoms with Crippen LogP contribution in [0, 0.1) is 0 Å². The van der Waals surface area contributed by atoms with Crippen LogP contribution in [-0.4, -0.2) is 40.4 Å². The average molecular weight is 306 g/mol. The summed E-state index contributed by atoms with van der Waals surface area (Å²) in [6, 6.07) is 9.48. The normalized spacial score (nSPS) is 18.0. The number of hydrogen-bond donors (Lipinski definition) is 1. The standard InChI is InChI=1S/C17H26N2O3/c1-16(2,3)22-15(20)18-12-10-17(4,11-13-18)19(21)14-8-6-5-7-9-14/h5-9,21H,10-13H2,1-4H3. The lowest BCUT2D eigenvalue weighted by atomic mass is 9.89. The van der Waals surface area contributed by atoms with Crippen LogP contribution in [0.25, 0.3) is 0 Å². The zero-order chi connectivity index (χ0) is 16.4. The third-order valence-electron chi connectivity index (χ3n) is 4.00. The summed E-state index contributed by atoms with van der Waals surface area (Å²) in [4.78, 5) is 13.8. The van der Waals surface area contributed by atoms with E-state index in [1.807, 2.05) is 58.0 Å². The number of carbonyl (C=O) groups excluding carboxylic acids is 1. The Labute approximate surface area is 132 Å². The summed E-state index contributed by atoms with van der Waals surface area (Å²) in [6.45, 7) is 8.77. The van der Waals surface area contributed by atoms with E-state index in [2.05, 4.69) is 0 Å². The number of likely N-dealkylation sites (tertiary alicyclic amines) is 1. The number of para-hydroxylation sites is 1. The minimum atomic E-state index is -0.481. The van der Waals surface area contributed by atoms with Gasteiger partial charge in [0.1, 0.15) is 5.60 Å². The van der Waals surface area contributed by atoms with E-state index in [-0.39, 0.29) is 11.6 Å². The number of nitrogens with zero attached hydrogens (tertiary/aromatic N) is 2. The van der Waals surface area contributed by atoms with E-state index in [4.69, 9.17) is 4.74 Å². The van der Waals surface area contributed by atoms with E-state index in [0.717, 1.165) is 5.69 Å². The van der Waals surface area contributed by atoms with Crippen molar-refractivity contribution in [2.45, 2.75) is 51.7 Å². The summed E-state index contributed by atoms with van der Waals surface area (Å²) in [5, 5.41) is 11.8. The second-order valence-electron chi connectivity index (χ2n) is 7.11. The molecule has 0 aliphatic carbocycles. The lowest BCUT2D eigenvalue weighted by molar-refractivity contribution is 0.0116. The van der Waals surface area contributed by atoms with Crippen LogP contribution in [0.3, 0.4) is 0 Å². The van der Waals surface area contributed by atoms with Crippen molar-refractivity contribution in [2.24, 2.45) is 0 Å². The Morgan fingerprint density at radius 3 is 2.27 bits per heavy atom. The van der Waals surface area contributed by atoms with Crippen molar-refractivity contribution < 1.29 is 14.7 Å². The summed E-state index contributed by atoms with van der Waals surface area (Å²) in [6.07, 6.45) is 1.11. The Balaban J connectivity index is 1.97. The maximum atomic E-state index is 12.1. The molecule has 1 aromatic carbocycles. The number of hydrogen-bond acceptors (Lipinski definition) is 4. The second kappa shape index (κ2) is 6.16. The van der Waals surface area contributed by atoms with Crippen LogP contribution < -0.4 is 5.06 Å². The maximum absolute atomic E-state index is 12.1. The van der Waals surface area contributed by atoms with Crippen LogP contribution in [0.15, 0.2) is 30.3 Å². The molecular weight excluding hydrogens is 280 g/mol. The largest absolute Gasteiger partial charge is 0.444 e. The molecule has 1 aromatic rings. The lowest BCUT2D eigenvalue weighted by Gasteiger charge is -2.44. The Morgan fingerprint density at radius 1 is 1.23 bits per heavy atom. The smallest absolute Gasteiger partial charge is 0.410 e. The molecule has 1 aliphatic rings. The van der Waals surface area contributed by atoms with Gasteiger partial charge in [-0.25, -0.2) is 4.79 Å². The molecule has 1 heterocycles. The predicted molar refractivity (Wildman–Crippen MR) is 86.2 cm³/mol. The molecule has 0 spiro atoms. The molecule has 1 aliphatic heterocycles. The molecule has 5 heteroatoms. The Bertz CT molecular complexity index is 502. The quantitative estimate of drug-likeness (QED) is 0.847. The number of piperidine rings is 1. The van der Waals surface area contributed by atoms with Crippen LogP contribution >= 0.6 is 0 Å². The van der Waals surface area contributed by atoms with E-state index in [0.29, 0.717) is 25.9 Å². The lowest BCUT2D eigenvalue weighted by Crippen LogP contribution is -2.54. The van der Waals surface area contributed by atoms with E-state index in [9.17, 15) is 10.0 Å². The van der Waals surface area contributed by atoms with Crippen molar-refractivity contribution in [3.63, 3.8) is 0 Å². The van der Waals surface area contributed by atoms with Gasteiger partial charge in [0.2, 0.25) is 0 Å². The SMILES string of the molecule is CC(C)(C)OC(=O)N1CCC(C)(N(O)c2ccccc2)CC1. The van der Waals surface area contributed by atoms with Crippen molar-refractivity contribution >= 4 is 11.8 Å². The first kappa shape index (κ1) is 16.6. The molecular formula is C17H26N2O3. The Hall–Kier alpha value is -1.75. The fourth-order valence-corrected chi connectivity index (χ4v) is 2.59. The molecule has 22 heavy (non-hydrogen) atoms. The van der Waals surface area contributed by atoms with Crippen LogP contribution in [0.4, 0.5) is 10.5 Å². The summed E-state index contributed by atoms with van der Waals surface area (Å²) in [7, 11) is 0. The first-order valence-electron chi connectivity index (χ1n) is 7.73. The molecule has 1 saturated heterocycles. The van der Waals surface area contributed by atoms with Gasteiger partial charge in [-0.15, -0.1) is 0 Å². The van der Waals surface area contributed by atoms with Crippen LogP contribution in [-0.2, 0) is 4.74 Å². The average Bonchev–Trinajstić information content (AvgIpc) is 2.46. The van der Waals surface area contributed by atoms with Gasteiger partial charge in [0.25, 0.3) is 0 Å². The molecule has 0 aromatic heterocycles. The second-order valence-corrected chi connectivity index (χ2v) is 7.11. The zero-order valence-electron chi connectivity index (χ0n) is 13.9. The number of benzene rings is 1. The highest BCUT2D eigenvalue weighted by atomic mass is 16.6. The summed E-state index contributed by atoms with van der Waals surface area (Å²) in [5.74, 6) is 0. The Kier molecular flexibility index (Phi) is 4.66. The third kappa shape index (κ3) is 3.91. The molecule has 1 N–H and O–H groups in total. The molecule has 0 bridgehead atoms. The summed E-state index contributed by atoms with van der Waals surface area (Å²) >= 11 is 0. The number of ether oxygens (including phenoxy) is 1. The molecule has 122 valence electrons. The maximum Gasteiger partial charge on any atom is 0.410 e. The molecule has 5 nitrogen and oxygen atoms in total. The third-order valence-corrected chi connectivity index (χ3v) is 4.00. The first-order chi connectivity index (χ1) is 10.2. The fraction of sp³-hybridized carbons (Fsp3) is 0.588. The Morgan fingerprint density at radius 2 is 1.77 bits per heavy atom. The van der Waals surface area contributed by atoms with Crippen LogP contribution in [0.5, 0.6) is 0 Å². The fourth-order valence-electron chi connectivity index (χ4n) is 2.59. The van der Waals surface area contributed by atoms with E-state index in [1.165, 1.54) is 5.06 Å². The molecule has 2 rings (SSSR count). The van der Waals surface area contributed by atoms with Crippen molar-refractivity contribution in [3.8, 4) is 0 Å². The van der Waals surface area contributed by atoms with E-state index < -0.39 is 5.60 Å². The molecule has 0 atom stereocenters. The van der Waals surface area contributed by atoms with Gasteiger partial charge >= 0.3 is 6.09 Å². The van der Waals surface area contributed by atoms with Gasteiger partial charge in [0.05, 0.1) is 11.2 Å². The van der Waals surface area contributed by atoms with Gasteiger partial charge in [0.15, 0.2) is 0 Å². The van der Waals surface area contributed by atoms with Crippen molar-refractivity contribution in [2.75, 3.05) is 18.2 Å². The van der Waals surface area contributed by atoms with Crippen LogP contribution in [0.2, 0.25) is 0 Å².